The molecule has 1 unspecified atom stereocenters. The summed E-state index contributed by atoms with van der Waals surface area (Å²) in [4.78, 5) is 15.5. The Morgan fingerprint density at radius 1 is 1.41 bits per heavy atom. The zero-order valence-corrected chi connectivity index (χ0v) is 8.79. The van der Waals surface area contributed by atoms with Crippen LogP contribution in [-0.4, -0.2) is 24.0 Å². The molecule has 1 saturated heterocycles. The average Bonchev–Trinajstić information content (AvgIpc) is 2.72. The minimum absolute atomic E-state index is 0.171. The molecule has 2 heterocycles. The number of nitrogens with zero attached hydrogens (tertiary/aromatic N) is 2. The van der Waals surface area contributed by atoms with Gasteiger partial charge in [-0.3, -0.25) is 4.79 Å². The highest BCUT2D eigenvalue weighted by Crippen LogP contribution is 2.25. The number of anilines is 1. The van der Waals surface area contributed by atoms with Crippen LogP contribution in [0, 0.1) is 23.5 Å². The highest BCUT2D eigenvalue weighted by Gasteiger charge is 2.29. The van der Waals surface area contributed by atoms with Crippen LogP contribution < -0.4 is 10.6 Å². The molecule has 0 aliphatic carbocycles. The van der Waals surface area contributed by atoms with E-state index >= 15 is 0 Å². The van der Waals surface area contributed by atoms with Crippen LogP contribution in [-0.2, 0) is 4.79 Å². The van der Waals surface area contributed by atoms with Gasteiger partial charge in [0.05, 0.1) is 5.92 Å². The van der Waals surface area contributed by atoms with Gasteiger partial charge in [0.1, 0.15) is 0 Å². The molecule has 92 valence electrons. The van der Waals surface area contributed by atoms with Gasteiger partial charge in [-0.2, -0.15) is 9.37 Å². The summed E-state index contributed by atoms with van der Waals surface area (Å²) in [5, 5.41) is 0. The zero-order chi connectivity index (χ0) is 12.6. The molecule has 1 amide bonds. The molecule has 0 saturated carbocycles. The van der Waals surface area contributed by atoms with Crippen molar-refractivity contribution in [3.05, 3.63) is 23.6 Å². The molecular weight excluding hydrogens is 235 g/mol. The van der Waals surface area contributed by atoms with Crippen LogP contribution in [0.5, 0.6) is 0 Å². The fraction of sp³-hybridized carbons (Fsp3) is 0.400. The molecule has 1 atom stereocenters. The molecule has 1 aliphatic heterocycles. The van der Waals surface area contributed by atoms with E-state index < -0.39 is 29.4 Å². The maximum Gasteiger partial charge on any atom is 0.251 e. The second kappa shape index (κ2) is 4.23. The summed E-state index contributed by atoms with van der Waals surface area (Å²) in [6.07, 6.45) is 0.454. The fourth-order valence-corrected chi connectivity index (χ4v) is 1.84. The maximum absolute atomic E-state index is 13.4. The van der Waals surface area contributed by atoms with Crippen molar-refractivity contribution >= 4 is 11.7 Å². The van der Waals surface area contributed by atoms with Crippen molar-refractivity contribution in [3.63, 3.8) is 0 Å². The van der Waals surface area contributed by atoms with Gasteiger partial charge in [0, 0.05) is 19.2 Å². The van der Waals surface area contributed by atoms with Gasteiger partial charge in [-0.1, -0.05) is 0 Å². The van der Waals surface area contributed by atoms with Crippen molar-refractivity contribution in [1.82, 2.24) is 4.98 Å². The van der Waals surface area contributed by atoms with Crippen LogP contribution in [0.1, 0.15) is 6.42 Å². The highest BCUT2D eigenvalue weighted by molar-refractivity contribution is 5.78. The van der Waals surface area contributed by atoms with Gasteiger partial charge < -0.3 is 10.6 Å². The monoisotopic (exact) mass is 245 g/mol. The molecule has 0 bridgehead atoms. The maximum atomic E-state index is 13.4. The summed E-state index contributed by atoms with van der Waals surface area (Å²) in [6, 6.07) is 0.440. The predicted octanol–water partition coefficient (Wildman–Crippen LogP) is 0.810. The van der Waals surface area contributed by atoms with Gasteiger partial charge in [-0.25, -0.2) is 8.78 Å². The molecule has 17 heavy (non-hydrogen) atoms. The molecule has 1 fully saturated rings. The summed E-state index contributed by atoms with van der Waals surface area (Å²) in [5.74, 6) is -4.83. The summed E-state index contributed by atoms with van der Waals surface area (Å²) < 4.78 is 39.0. The van der Waals surface area contributed by atoms with Gasteiger partial charge >= 0.3 is 0 Å². The number of carbonyl (C=O) groups is 1. The normalized spacial score (nSPS) is 19.7. The van der Waals surface area contributed by atoms with E-state index in [0.717, 1.165) is 0 Å². The van der Waals surface area contributed by atoms with Crippen LogP contribution in [0.2, 0.25) is 0 Å². The Bertz CT molecular complexity index is 466. The SMILES string of the molecule is NC(=O)C1CCN(c2nc(F)c(F)cc2F)C1. The van der Waals surface area contributed by atoms with Crippen molar-refractivity contribution in [2.24, 2.45) is 11.7 Å². The number of carbonyl (C=O) groups excluding carboxylic acids is 1. The summed E-state index contributed by atoms with van der Waals surface area (Å²) >= 11 is 0. The summed E-state index contributed by atoms with van der Waals surface area (Å²) in [6.45, 7) is 0.507. The molecule has 1 aromatic heterocycles. The number of aromatic nitrogens is 1. The van der Waals surface area contributed by atoms with E-state index in [4.69, 9.17) is 5.73 Å². The van der Waals surface area contributed by atoms with Crippen LogP contribution in [0.15, 0.2) is 6.07 Å². The van der Waals surface area contributed by atoms with Crippen molar-refractivity contribution < 1.29 is 18.0 Å². The molecular formula is C10H10F3N3O. The zero-order valence-electron chi connectivity index (χ0n) is 8.79. The van der Waals surface area contributed by atoms with Gasteiger partial charge in [0.2, 0.25) is 5.91 Å². The summed E-state index contributed by atoms with van der Waals surface area (Å²) in [7, 11) is 0. The number of pyridine rings is 1. The molecule has 2 N–H and O–H groups in total. The smallest absolute Gasteiger partial charge is 0.251 e. The number of amides is 1. The Balaban J connectivity index is 2.24. The number of nitrogens with two attached hydrogens (primary N) is 1. The first-order valence-electron chi connectivity index (χ1n) is 5.05. The highest BCUT2D eigenvalue weighted by atomic mass is 19.2. The largest absolute Gasteiger partial charge is 0.369 e. The third kappa shape index (κ3) is 2.17. The molecule has 0 spiro atoms. The second-order valence-electron chi connectivity index (χ2n) is 3.90. The fourth-order valence-electron chi connectivity index (χ4n) is 1.84. The number of hydrogen-bond donors (Lipinski definition) is 1. The van der Waals surface area contributed by atoms with Gasteiger partial charge in [0.25, 0.3) is 5.95 Å². The quantitative estimate of drug-likeness (QED) is 0.784. The number of halogens is 3. The molecule has 7 heteroatoms. The first kappa shape index (κ1) is 11.7. The van der Waals surface area contributed by atoms with E-state index in [9.17, 15) is 18.0 Å². The Kier molecular flexibility index (Phi) is 2.91. The first-order valence-corrected chi connectivity index (χ1v) is 5.05. The lowest BCUT2D eigenvalue weighted by Gasteiger charge is -2.17. The Morgan fingerprint density at radius 2 is 2.12 bits per heavy atom. The van der Waals surface area contributed by atoms with Gasteiger partial charge in [-0.15, -0.1) is 0 Å². The van der Waals surface area contributed by atoms with Crippen LogP contribution in [0.4, 0.5) is 19.0 Å². The minimum Gasteiger partial charge on any atom is -0.369 e. The number of hydrogen-bond acceptors (Lipinski definition) is 3. The van der Waals surface area contributed by atoms with Crippen molar-refractivity contribution in [3.8, 4) is 0 Å². The lowest BCUT2D eigenvalue weighted by Crippen LogP contribution is -2.28. The van der Waals surface area contributed by atoms with Crippen molar-refractivity contribution in [2.75, 3.05) is 18.0 Å². The topological polar surface area (TPSA) is 59.2 Å². The Hall–Kier alpha value is -1.79. The molecule has 0 radical (unpaired) electrons. The van der Waals surface area contributed by atoms with Crippen molar-refractivity contribution in [1.29, 1.82) is 0 Å². The second-order valence-corrected chi connectivity index (χ2v) is 3.90. The predicted molar refractivity (Wildman–Crippen MR) is 53.6 cm³/mol. The van der Waals surface area contributed by atoms with Crippen molar-refractivity contribution in [2.45, 2.75) is 6.42 Å². The van der Waals surface area contributed by atoms with E-state index in [1.807, 2.05) is 0 Å². The molecule has 1 aliphatic rings. The average molecular weight is 245 g/mol. The van der Waals surface area contributed by atoms with E-state index in [1.54, 1.807) is 0 Å². The van der Waals surface area contributed by atoms with E-state index in [-0.39, 0.29) is 12.4 Å². The van der Waals surface area contributed by atoms with Crippen LogP contribution in [0.3, 0.4) is 0 Å². The molecule has 2 rings (SSSR count). The van der Waals surface area contributed by atoms with Crippen LogP contribution in [0.25, 0.3) is 0 Å². The first-order chi connectivity index (χ1) is 7.99. The van der Waals surface area contributed by atoms with Gasteiger partial charge in [-0.05, 0) is 6.42 Å². The van der Waals surface area contributed by atoms with E-state index in [0.29, 0.717) is 19.0 Å². The lowest BCUT2D eigenvalue weighted by molar-refractivity contribution is -0.121. The standard InChI is InChI=1S/C10H10F3N3O/c11-6-3-7(12)10(15-8(6)13)16-2-1-5(4-16)9(14)17/h3,5H,1-2,4H2,(H2,14,17). The third-order valence-electron chi connectivity index (χ3n) is 2.76. The molecule has 0 aromatic carbocycles. The third-order valence-corrected chi connectivity index (χ3v) is 2.76. The minimum atomic E-state index is -1.36. The molecule has 1 aromatic rings. The van der Waals surface area contributed by atoms with E-state index in [2.05, 4.69) is 4.98 Å². The Morgan fingerprint density at radius 3 is 2.71 bits per heavy atom. The molecule has 4 nitrogen and oxygen atoms in total. The number of rotatable bonds is 2. The summed E-state index contributed by atoms with van der Waals surface area (Å²) in [5.41, 5.74) is 5.12. The van der Waals surface area contributed by atoms with Gasteiger partial charge in [0.15, 0.2) is 17.5 Å². The lowest BCUT2D eigenvalue weighted by atomic mass is 10.1. The van der Waals surface area contributed by atoms with E-state index in [1.165, 1.54) is 4.90 Å². The Labute approximate surface area is 95.2 Å². The number of primary amides is 1. The van der Waals surface area contributed by atoms with Crippen LogP contribution >= 0.6 is 0 Å².